The summed E-state index contributed by atoms with van der Waals surface area (Å²) in [4.78, 5) is 14.5. The molecule has 0 saturated carbocycles. The lowest BCUT2D eigenvalue weighted by atomic mass is 10.0. The van der Waals surface area contributed by atoms with E-state index in [1.165, 1.54) is 5.56 Å². The summed E-state index contributed by atoms with van der Waals surface area (Å²) in [5.41, 5.74) is 0.884. The van der Waals surface area contributed by atoms with Gasteiger partial charge >= 0.3 is 0 Å². The van der Waals surface area contributed by atoms with E-state index in [0.29, 0.717) is 31.8 Å². The summed E-state index contributed by atoms with van der Waals surface area (Å²) in [6.45, 7) is 2.66. The number of rotatable bonds is 10. The quantitative estimate of drug-likeness (QED) is 0.657. The maximum absolute atomic E-state index is 12.1. The number of amides is 1. The monoisotopic (exact) mass is 354 g/mol. The van der Waals surface area contributed by atoms with E-state index in [0.717, 1.165) is 31.7 Å². The lowest BCUT2D eigenvalue weighted by Crippen LogP contribution is -2.52. The smallest absolute Gasteiger partial charge is 0.220 e. The SMILES string of the molecule is C#CCCC1(CCC(=O)NCC2CCN2Cc2ccc(OC)cc2)N=N1. The van der Waals surface area contributed by atoms with Crippen molar-refractivity contribution in [1.29, 1.82) is 0 Å². The van der Waals surface area contributed by atoms with E-state index < -0.39 is 0 Å². The summed E-state index contributed by atoms with van der Waals surface area (Å²) in [7, 11) is 1.67. The third kappa shape index (κ3) is 4.83. The van der Waals surface area contributed by atoms with Gasteiger partial charge in [0.1, 0.15) is 5.75 Å². The first kappa shape index (κ1) is 18.4. The maximum Gasteiger partial charge on any atom is 0.220 e. The van der Waals surface area contributed by atoms with E-state index in [1.54, 1.807) is 7.11 Å². The molecule has 6 heteroatoms. The number of ether oxygens (including phenoxy) is 1. The summed E-state index contributed by atoms with van der Waals surface area (Å²) in [5.74, 6) is 3.54. The number of terminal acetylenes is 1. The molecule has 3 rings (SSSR count). The second-order valence-corrected chi connectivity index (χ2v) is 6.95. The van der Waals surface area contributed by atoms with Crippen molar-refractivity contribution >= 4 is 5.91 Å². The zero-order valence-corrected chi connectivity index (χ0v) is 15.3. The van der Waals surface area contributed by atoms with Gasteiger partial charge in [0.2, 0.25) is 5.91 Å². The Balaban J connectivity index is 1.35. The van der Waals surface area contributed by atoms with Crippen LogP contribution in [0, 0.1) is 12.3 Å². The fourth-order valence-corrected chi connectivity index (χ4v) is 3.20. The average molecular weight is 354 g/mol. The van der Waals surface area contributed by atoms with Crippen LogP contribution in [0.15, 0.2) is 34.5 Å². The molecule has 1 N–H and O–H groups in total. The van der Waals surface area contributed by atoms with Gasteiger partial charge in [-0.05, 0) is 24.1 Å². The molecule has 2 aliphatic rings. The Hall–Kier alpha value is -2.39. The van der Waals surface area contributed by atoms with Gasteiger partial charge in [-0.25, -0.2) is 0 Å². The van der Waals surface area contributed by atoms with Crippen LogP contribution in [-0.2, 0) is 11.3 Å². The van der Waals surface area contributed by atoms with Gasteiger partial charge in [-0.2, -0.15) is 10.2 Å². The number of carbonyl (C=O) groups is 1. The van der Waals surface area contributed by atoms with Gasteiger partial charge < -0.3 is 10.1 Å². The third-order valence-corrected chi connectivity index (χ3v) is 5.15. The molecule has 1 saturated heterocycles. The number of likely N-dealkylation sites (tertiary alicyclic amines) is 1. The van der Waals surface area contributed by atoms with Crippen LogP contribution in [0.25, 0.3) is 0 Å². The van der Waals surface area contributed by atoms with E-state index in [9.17, 15) is 4.79 Å². The zero-order chi connectivity index (χ0) is 18.4. The Morgan fingerprint density at radius 1 is 1.38 bits per heavy atom. The van der Waals surface area contributed by atoms with Crippen molar-refractivity contribution in [2.75, 3.05) is 20.2 Å². The van der Waals surface area contributed by atoms with Crippen LogP contribution >= 0.6 is 0 Å². The molecular formula is C20H26N4O2. The van der Waals surface area contributed by atoms with Crippen molar-refractivity contribution in [1.82, 2.24) is 10.2 Å². The maximum atomic E-state index is 12.1. The Kier molecular flexibility index (Phi) is 5.89. The summed E-state index contributed by atoms with van der Waals surface area (Å²) in [6, 6.07) is 8.55. The van der Waals surface area contributed by atoms with Gasteiger partial charge in [0.15, 0.2) is 5.66 Å². The topological polar surface area (TPSA) is 66.3 Å². The van der Waals surface area contributed by atoms with Crippen LogP contribution in [0.5, 0.6) is 5.75 Å². The molecule has 1 fully saturated rings. The number of hydrogen-bond acceptors (Lipinski definition) is 5. The van der Waals surface area contributed by atoms with Gasteiger partial charge in [0, 0.05) is 51.4 Å². The molecule has 0 radical (unpaired) electrons. The van der Waals surface area contributed by atoms with E-state index >= 15 is 0 Å². The largest absolute Gasteiger partial charge is 0.497 e. The summed E-state index contributed by atoms with van der Waals surface area (Å²) in [5, 5.41) is 11.2. The Morgan fingerprint density at radius 2 is 2.15 bits per heavy atom. The molecule has 0 aromatic heterocycles. The standard InChI is InChI=1S/C20H26N4O2/c1-3-4-11-20(22-23-20)12-9-19(25)21-14-17-10-13-24(17)15-16-5-7-18(26-2)8-6-16/h1,5-8,17H,4,9-15H2,2H3,(H,21,25). The highest BCUT2D eigenvalue weighted by atomic mass is 16.5. The minimum Gasteiger partial charge on any atom is -0.497 e. The van der Waals surface area contributed by atoms with Gasteiger partial charge in [0.25, 0.3) is 0 Å². The number of methoxy groups -OCH3 is 1. The van der Waals surface area contributed by atoms with Crippen LogP contribution in [0.4, 0.5) is 0 Å². The molecular weight excluding hydrogens is 328 g/mol. The highest BCUT2D eigenvalue weighted by Gasteiger charge is 2.39. The number of benzene rings is 1. The highest BCUT2D eigenvalue weighted by molar-refractivity contribution is 5.76. The van der Waals surface area contributed by atoms with Crippen LogP contribution in [0.1, 0.15) is 37.7 Å². The van der Waals surface area contributed by atoms with Crippen molar-refractivity contribution in [3.63, 3.8) is 0 Å². The second kappa shape index (κ2) is 8.33. The lowest BCUT2D eigenvalue weighted by molar-refractivity contribution is -0.121. The molecule has 2 heterocycles. The molecule has 1 unspecified atom stereocenters. The van der Waals surface area contributed by atoms with Crippen LogP contribution in [0.3, 0.4) is 0 Å². The van der Waals surface area contributed by atoms with E-state index in [2.05, 4.69) is 38.5 Å². The predicted molar refractivity (Wildman–Crippen MR) is 99.7 cm³/mol. The predicted octanol–water partition coefficient (Wildman–Crippen LogP) is 2.74. The number of carbonyl (C=O) groups excluding carboxylic acids is 1. The molecule has 138 valence electrons. The van der Waals surface area contributed by atoms with Crippen LogP contribution in [0.2, 0.25) is 0 Å². The fourth-order valence-electron chi connectivity index (χ4n) is 3.20. The normalized spacial score (nSPS) is 20.1. The van der Waals surface area contributed by atoms with Gasteiger partial charge in [-0.15, -0.1) is 12.3 Å². The van der Waals surface area contributed by atoms with Crippen molar-refractivity contribution in [3.05, 3.63) is 29.8 Å². The van der Waals surface area contributed by atoms with E-state index in [4.69, 9.17) is 11.2 Å². The van der Waals surface area contributed by atoms with Crippen molar-refractivity contribution in [3.8, 4) is 18.1 Å². The summed E-state index contributed by atoms with van der Waals surface area (Å²) >= 11 is 0. The summed E-state index contributed by atoms with van der Waals surface area (Å²) < 4.78 is 5.19. The third-order valence-electron chi connectivity index (χ3n) is 5.15. The molecule has 0 spiro atoms. The van der Waals surface area contributed by atoms with Crippen molar-refractivity contribution in [2.45, 2.75) is 50.4 Å². The first-order valence-corrected chi connectivity index (χ1v) is 9.15. The molecule has 1 atom stereocenters. The Morgan fingerprint density at radius 3 is 2.73 bits per heavy atom. The summed E-state index contributed by atoms with van der Waals surface area (Å²) in [6.07, 6.45) is 8.90. The fraction of sp³-hybridized carbons (Fsp3) is 0.550. The minimum atomic E-state index is -0.374. The van der Waals surface area contributed by atoms with E-state index in [1.807, 2.05) is 12.1 Å². The molecule has 0 aliphatic carbocycles. The number of hydrogen-bond donors (Lipinski definition) is 1. The number of nitrogens with one attached hydrogen (secondary N) is 1. The van der Waals surface area contributed by atoms with Crippen LogP contribution in [-0.4, -0.2) is 42.7 Å². The van der Waals surface area contributed by atoms with Crippen LogP contribution < -0.4 is 10.1 Å². The Labute approximate surface area is 155 Å². The first-order valence-electron chi connectivity index (χ1n) is 9.15. The van der Waals surface area contributed by atoms with Crippen molar-refractivity contribution in [2.24, 2.45) is 10.2 Å². The zero-order valence-electron chi connectivity index (χ0n) is 15.3. The van der Waals surface area contributed by atoms with E-state index in [-0.39, 0.29) is 11.6 Å². The molecule has 1 aromatic rings. The molecule has 0 bridgehead atoms. The average Bonchev–Trinajstić information content (AvgIpc) is 3.43. The number of nitrogens with zero attached hydrogens (tertiary/aromatic N) is 3. The van der Waals surface area contributed by atoms with Crippen molar-refractivity contribution < 1.29 is 9.53 Å². The van der Waals surface area contributed by atoms with Gasteiger partial charge in [0.05, 0.1) is 7.11 Å². The second-order valence-electron chi connectivity index (χ2n) is 6.95. The molecule has 1 amide bonds. The van der Waals surface area contributed by atoms with Gasteiger partial charge in [-0.1, -0.05) is 12.1 Å². The van der Waals surface area contributed by atoms with Gasteiger partial charge in [-0.3, -0.25) is 9.69 Å². The highest BCUT2D eigenvalue weighted by Crippen LogP contribution is 2.37. The first-order chi connectivity index (χ1) is 12.6. The molecule has 2 aliphatic heterocycles. The molecule has 1 aromatic carbocycles. The lowest BCUT2D eigenvalue weighted by Gasteiger charge is -2.41. The minimum absolute atomic E-state index is 0.0682. The Bertz CT molecular complexity index is 687. The molecule has 6 nitrogen and oxygen atoms in total. The molecule has 26 heavy (non-hydrogen) atoms.